The maximum atomic E-state index is 12.8. The van der Waals surface area contributed by atoms with Gasteiger partial charge in [0.15, 0.2) is 0 Å². The lowest BCUT2D eigenvalue weighted by Gasteiger charge is -2.29. The monoisotopic (exact) mass is 419 g/mol. The molecule has 1 aliphatic carbocycles. The summed E-state index contributed by atoms with van der Waals surface area (Å²) in [5.41, 5.74) is 6.28. The highest BCUT2D eigenvalue weighted by molar-refractivity contribution is 6.30. The fraction of sp³-hybridized carbons (Fsp3) is 0.250. The minimum absolute atomic E-state index is 0.0286. The average molecular weight is 420 g/mol. The Bertz CT molecular complexity index is 1180. The molecule has 2 aliphatic rings. The van der Waals surface area contributed by atoms with Crippen LogP contribution in [0.3, 0.4) is 0 Å². The minimum atomic E-state index is -0.0286. The van der Waals surface area contributed by atoms with Gasteiger partial charge >= 0.3 is 0 Å². The summed E-state index contributed by atoms with van der Waals surface area (Å²) < 4.78 is 7.16. The lowest BCUT2D eigenvalue weighted by molar-refractivity contribution is 0.122. The Morgan fingerprint density at radius 3 is 2.77 bits per heavy atom. The zero-order valence-corrected chi connectivity index (χ0v) is 17.3. The molecule has 0 N–H and O–H groups in total. The molecule has 3 aromatic rings. The first-order chi connectivity index (χ1) is 14.7. The van der Waals surface area contributed by atoms with Gasteiger partial charge in [-0.3, -0.25) is 9.78 Å². The Morgan fingerprint density at radius 2 is 1.97 bits per heavy atom. The van der Waals surface area contributed by atoms with Crippen molar-refractivity contribution in [3.05, 3.63) is 98.7 Å². The molecule has 152 valence electrons. The summed E-state index contributed by atoms with van der Waals surface area (Å²) in [6.07, 6.45) is 6.76. The minimum Gasteiger partial charge on any atom is -0.378 e. The number of nitrogens with zero attached hydrogens (tertiary/aromatic N) is 3. The first-order valence-electron chi connectivity index (χ1n) is 10.1. The third kappa shape index (κ3) is 3.78. The number of pyridine rings is 2. The molecule has 6 heteroatoms. The van der Waals surface area contributed by atoms with Gasteiger partial charge in [0.1, 0.15) is 0 Å². The van der Waals surface area contributed by atoms with E-state index >= 15 is 0 Å². The third-order valence-corrected chi connectivity index (χ3v) is 5.91. The molecule has 5 rings (SSSR count). The highest BCUT2D eigenvalue weighted by Gasteiger charge is 2.20. The molecule has 0 spiro atoms. The van der Waals surface area contributed by atoms with Gasteiger partial charge in [-0.15, -0.1) is 0 Å². The number of hydrogen-bond acceptors (Lipinski definition) is 4. The molecule has 5 nitrogen and oxygen atoms in total. The van der Waals surface area contributed by atoms with Crippen LogP contribution in [0.5, 0.6) is 0 Å². The van der Waals surface area contributed by atoms with Crippen molar-refractivity contribution >= 4 is 22.9 Å². The summed E-state index contributed by atoms with van der Waals surface area (Å²) in [5, 5.41) is 0.674. The fourth-order valence-electron chi connectivity index (χ4n) is 4.09. The number of halogens is 1. The summed E-state index contributed by atoms with van der Waals surface area (Å²) >= 11 is 6.07. The Balaban J connectivity index is 1.42. The number of anilines is 1. The van der Waals surface area contributed by atoms with Gasteiger partial charge in [-0.05, 0) is 41.0 Å². The summed E-state index contributed by atoms with van der Waals surface area (Å²) in [4.78, 5) is 19.8. The molecule has 30 heavy (non-hydrogen) atoms. The van der Waals surface area contributed by atoms with Crippen molar-refractivity contribution in [1.82, 2.24) is 9.55 Å². The highest BCUT2D eigenvalue weighted by Crippen LogP contribution is 2.33. The smallest absolute Gasteiger partial charge is 0.251 e. The molecule has 2 aromatic heterocycles. The maximum absolute atomic E-state index is 12.8. The predicted octanol–water partition coefficient (Wildman–Crippen LogP) is 3.77. The van der Waals surface area contributed by atoms with E-state index in [1.807, 2.05) is 42.7 Å². The molecule has 0 atom stereocenters. The topological polar surface area (TPSA) is 47.4 Å². The SMILES string of the molecule is O=c1cc(C2=CCc3ncc(N4CCOCC4)cc32)ccn1Cc1cccc(Cl)c1. The molecule has 0 radical (unpaired) electrons. The zero-order valence-electron chi connectivity index (χ0n) is 16.6. The Morgan fingerprint density at radius 1 is 1.10 bits per heavy atom. The highest BCUT2D eigenvalue weighted by atomic mass is 35.5. The van der Waals surface area contributed by atoms with E-state index in [4.69, 9.17) is 16.3 Å². The first-order valence-corrected chi connectivity index (χ1v) is 10.5. The normalized spacial score (nSPS) is 15.8. The number of ether oxygens (including phenoxy) is 1. The number of morpholine rings is 1. The Kier molecular flexibility index (Phi) is 5.15. The van der Waals surface area contributed by atoms with Crippen molar-refractivity contribution in [3.8, 4) is 0 Å². The van der Waals surface area contributed by atoms with Gasteiger partial charge in [0.2, 0.25) is 0 Å². The van der Waals surface area contributed by atoms with E-state index in [0.717, 1.165) is 66.4 Å². The summed E-state index contributed by atoms with van der Waals surface area (Å²) in [5.74, 6) is 0. The second-order valence-corrected chi connectivity index (χ2v) is 8.06. The van der Waals surface area contributed by atoms with E-state index in [1.54, 1.807) is 10.6 Å². The standard InChI is InChI=1S/C24H22ClN3O2/c25-19-3-1-2-17(12-19)16-28-7-6-18(13-24(28)29)21-4-5-23-22(21)14-20(15-26-23)27-8-10-30-11-9-27/h1-4,6-7,12-15H,5,8-11,16H2. The van der Waals surface area contributed by atoms with Gasteiger partial charge in [0.05, 0.1) is 37.3 Å². The van der Waals surface area contributed by atoms with E-state index in [0.29, 0.717) is 11.6 Å². The van der Waals surface area contributed by atoms with Crippen molar-refractivity contribution in [2.45, 2.75) is 13.0 Å². The van der Waals surface area contributed by atoms with Crippen molar-refractivity contribution in [2.24, 2.45) is 0 Å². The van der Waals surface area contributed by atoms with Crippen LogP contribution in [0.1, 0.15) is 22.4 Å². The van der Waals surface area contributed by atoms with Crippen molar-refractivity contribution in [1.29, 1.82) is 0 Å². The van der Waals surface area contributed by atoms with Crippen molar-refractivity contribution in [3.63, 3.8) is 0 Å². The Hall–Kier alpha value is -2.89. The predicted molar refractivity (Wildman–Crippen MR) is 119 cm³/mol. The van der Waals surface area contributed by atoms with E-state index in [2.05, 4.69) is 22.0 Å². The second kappa shape index (κ2) is 8.09. The van der Waals surface area contributed by atoms with Crippen LogP contribution in [0.4, 0.5) is 5.69 Å². The van der Waals surface area contributed by atoms with Crippen molar-refractivity contribution < 1.29 is 4.74 Å². The maximum Gasteiger partial charge on any atom is 0.251 e. The number of allylic oxidation sites excluding steroid dienone is 1. The van der Waals surface area contributed by atoms with Crippen LogP contribution in [0, 0.1) is 0 Å². The lowest BCUT2D eigenvalue weighted by Crippen LogP contribution is -2.36. The van der Waals surface area contributed by atoms with E-state index in [9.17, 15) is 4.79 Å². The molecule has 0 saturated carbocycles. The van der Waals surface area contributed by atoms with E-state index in [1.165, 1.54) is 0 Å². The van der Waals surface area contributed by atoms with Crippen LogP contribution in [0.25, 0.3) is 5.57 Å². The molecule has 0 amide bonds. The Labute approximate surface area is 180 Å². The molecule has 3 heterocycles. The zero-order chi connectivity index (χ0) is 20.5. The number of hydrogen-bond donors (Lipinski definition) is 0. The van der Waals surface area contributed by atoms with Gasteiger partial charge in [-0.2, -0.15) is 0 Å². The fourth-order valence-corrected chi connectivity index (χ4v) is 4.31. The van der Waals surface area contributed by atoms with Gasteiger partial charge < -0.3 is 14.2 Å². The summed E-state index contributed by atoms with van der Waals surface area (Å²) in [7, 11) is 0. The number of rotatable bonds is 4. The number of aromatic nitrogens is 2. The van der Waals surface area contributed by atoms with Crippen LogP contribution in [-0.4, -0.2) is 35.9 Å². The van der Waals surface area contributed by atoms with Gasteiger partial charge in [0, 0.05) is 42.4 Å². The molecular weight excluding hydrogens is 398 g/mol. The van der Waals surface area contributed by atoms with Crippen LogP contribution in [0.2, 0.25) is 5.02 Å². The second-order valence-electron chi connectivity index (χ2n) is 7.62. The van der Waals surface area contributed by atoms with Crippen molar-refractivity contribution in [2.75, 3.05) is 31.2 Å². The van der Waals surface area contributed by atoms with Crippen LogP contribution in [0.15, 0.2) is 65.7 Å². The summed E-state index contributed by atoms with van der Waals surface area (Å²) in [6, 6.07) is 13.5. The molecule has 1 saturated heterocycles. The largest absolute Gasteiger partial charge is 0.378 e. The molecule has 1 aliphatic heterocycles. The lowest BCUT2D eigenvalue weighted by atomic mass is 10.0. The van der Waals surface area contributed by atoms with Crippen LogP contribution in [-0.2, 0) is 17.7 Å². The molecule has 1 fully saturated rings. The molecule has 0 bridgehead atoms. The molecule has 1 aromatic carbocycles. The third-order valence-electron chi connectivity index (χ3n) is 5.67. The molecular formula is C24H22ClN3O2. The van der Waals surface area contributed by atoms with Crippen LogP contribution < -0.4 is 10.5 Å². The van der Waals surface area contributed by atoms with Gasteiger partial charge in [-0.25, -0.2) is 0 Å². The average Bonchev–Trinajstić information content (AvgIpc) is 3.19. The van der Waals surface area contributed by atoms with E-state index in [-0.39, 0.29) is 5.56 Å². The number of fused-ring (bicyclic) bond motifs is 1. The number of benzene rings is 1. The summed E-state index contributed by atoms with van der Waals surface area (Å²) in [6.45, 7) is 3.73. The van der Waals surface area contributed by atoms with Gasteiger partial charge in [-0.1, -0.05) is 29.8 Å². The van der Waals surface area contributed by atoms with E-state index < -0.39 is 0 Å². The quantitative estimate of drug-likeness (QED) is 0.646. The van der Waals surface area contributed by atoms with Crippen LogP contribution >= 0.6 is 11.6 Å². The van der Waals surface area contributed by atoms with Gasteiger partial charge in [0.25, 0.3) is 5.56 Å². The first kappa shape index (κ1) is 19.1. The molecule has 0 unspecified atom stereocenters.